The van der Waals surface area contributed by atoms with Gasteiger partial charge in [-0.1, -0.05) is 81.0 Å². The van der Waals surface area contributed by atoms with E-state index in [4.69, 9.17) is 37.9 Å². The second-order valence-corrected chi connectivity index (χ2v) is 13.3. The number of nitrogens with zero attached hydrogens (tertiary/aromatic N) is 1. The molecule has 2 aliphatic carbocycles. The molecule has 0 aliphatic heterocycles. The minimum absolute atomic E-state index is 0.000458. The van der Waals surface area contributed by atoms with Crippen LogP contribution in [0.25, 0.3) is 0 Å². The van der Waals surface area contributed by atoms with Gasteiger partial charge in [0.15, 0.2) is 0 Å². The first kappa shape index (κ1) is 40.5. The van der Waals surface area contributed by atoms with Crippen molar-refractivity contribution in [1.29, 1.82) is 10.8 Å². The first-order chi connectivity index (χ1) is 24.1. The van der Waals surface area contributed by atoms with Gasteiger partial charge in [0.2, 0.25) is 17.7 Å². The van der Waals surface area contributed by atoms with E-state index in [1.165, 1.54) is 4.90 Å². The third-order valence-corrected chi connectivity index (χ3v) is 9.47. The Labute approximate surface area is 295 Å². The highest BCUT2D eigenvalue weighted by molar-refractivity contribution is 5.95. The monoisotopic (exact) mass is 715 g/mol. The second kappa shape index (κ2) is 18.9. The molecule has 15 heteroatoms. The number of hydrogen-bond donors (Lipinski definition) is 7. The Bertz CT molecular complexity index is 1540. The van der Waals surface area contributed by atoms with Crippen molar-refractivity contribution in [2.45, 2.75) is 89.4 Å². The van der Waals surface area contributed by atoms with Crippen molar-refractivity contribution in [1.82, 2.24) is 10.2 Å². The number of carbonyl (C=O) groups is 4. The molecule has 0 radical (unpaired) electrons. The summed E-state index contributed by atoms with van der Waals surface area (Å²) in [6.45, 7) is -0.173. The first-order valence-corrected chi connectivity index (χ1v) is 17.1. The van der Waals surface area contributed by atoms with Crippen LogP contribution in [0, 0.1) is 28.6 Å². The molecule has 3 amide bonds. The van der Waals surface area contributed by atoms with E-state index in [1.54, 1.807) is 18.2 Å². The number of nitrogens with two attached hydrogens (primary N) is 3. The highest BCUT2D eigenvalue weighted by atomic mass is 19.4. The molecule has 0 saturated heterocycles. The van der Waals surface area contributed by atoms with Crippen molar-refractivity contribution >= 4 is 35.4 Å². The number of nitrogen functional groups attached to an aromatic ring is 2. The van der Waals surface area contributed by atoms with Gasteiger partial charge in [-0.3, -0.25) is 25.2 Å². The molecule has 4 rings (SSSR count). The van der Waals surface area contributed by atoms with Gasteiger partial charge in [-0.2, -0.15) is 13.2 Å². The maximum Gasteiger partial charge on any atom is 0.490 e. The third-order valence-electron chi connectivity index (χ3n) is 9.47. The van der Waals surface area contributed by atoms with E-state index in [1.807, 2.05) is 30.3 Å². The third kappa shape index (κ3) is 12.7. The summed E-state index contributed by atoms with van der Waals surface area (Å²) in [7, 11) is 0. The number of primary amides is 1. The summed E-state index contributed by atoms with van der Waals surface area (Å²) in [6.07, 6.45) is 5.39. The molecular formula is C36H48F3N7O5. The van der Waals surface area contributed by atoms with E-state index in [9.17, 15) is 27.6 Å². The summed E-state index contributed by atoms with van der Waals surface area (Å²) < 4.78 is 31.7. The summed E-state index contributed by atoms with van der Waals surface area (Å²) >= 11 is 0. The molecule has 0 heterocycles. The molecule has 0 spiro atoms. The molecule has 0 bridgehead atoms. The van der Waals surface area contributed by atoms with E-state index >= 15 is 0 Å². The molecule has 2 aliphatic rings. The Morgan fingerprint density at radius 1 is 0.804 bits per heavy atom. The highest BCUT2D eigenvalue weighted by Crippen LogP contribution is 2.34. The SMILES string of the molecule is N=C(N)c1ccc(CC(C(=O)N[C@H](C(=O)N(CC(N)=O)Cc2cccc(C(=N)N)c2)C2CCCCC2)C2CCCCC2)cc1.O=C(O)C(F)(F)F. The predicted molar refractivity (Wildman–Crippen MR) is 185 cm³/mol. The number of rotatable bonds is 13. The summed E-state index contributed by atoms with van der Waals surface area (Å²) in [6, 6.07) is 13.7. The average molecular weight is 716 g/mol. The van der Waals surface area contributed by atoms with Crippen LogP contribution in [0.4, 0.5) is 13.2 Å². The minimum atomic E-state index is -5.08. The maximum atomic E-state index is 14.3. The standard InChI is InChI=1S/C34H47N7O3.C2HF3O2/c35-29(42)21-41(20-23-8-7-13-27(18-23)32(38)39)34(44)30(25-11-5-2-6-12-25)40-33(43)28(24-9-3-1-4-10-24)19-22-14-16-26(17-15-22)31(36)37;3-2(4,5)1(6)7/h7-8,13-18,24-25,28,30H,1-6,9-12,19-21H2,(H2,35,42)(H3,36,37)(H3,38,39)(H,40,43);(H,6,7)/t28?,30-;/m0./s1. The van der Waals surface area contributed by atoms with Gasteiger partial charge in [-0.05, 0) is 61.1 Å². The zero-order valence-corrected chi connectivity index (χ0v) is 28.5. The Balaban J connectivity index is 0.000000908. The van der Waals surface area contributed by atoms with Crippen molar-refractivity contribution in [3.8, 4) is 0 Å². The van der Waals surface area contributed by atoms with Gasteiger partial charge in [0.25, 0.3) is 0 Å². The molecule has 278 valence electrons. The fourth-order valence-corrected chi connectivity index (χ4v) is 6.85. The Morgan fingerprint density at radius 3 is 1.82 bits per heavy atom. The number of halogens is 3. The van der Waals surface area contributed by atoms with Crippen LogP contribution in [0.2, 0.25) is 0 Å². The Kier molecular flexibility index (Phi) is 15.0. The lowest BCUT2D eigenvalue weighted by Gasteiger charge is -2.36. The van der Waals surface area contributed by atoms with Crippen molar-refractivity contribution in [3.63, 3.8) is 0 Å². The van der Waals surface area contributed by atoms with Gasteiger partial charge >= 0.3 is 12.1 Å². The number of hydrogen-bond acceptors (Lipinski definition) is 6. The number of carboxylic acid groups (broad SMARTS) is 1. The van der Waals surface area contributed by atoms with Crippen molar-refractivity contribution in [2.24, 2.45) is 35.0 Å². The largest absolute Gasteiger partial charge is 0.490 e. The van der Waals surface area contributed by atoms with Crippen LogP contribution in [0.3, 0.4) is 0 Å². The van der Waals surface area contributed by atoms with Crippen molar-refractivity contribution in [2.75, 3.05) is 6.54 Å². The molecule has 10 N–H and O–H groups in total. The lowest BCUT2D eigenvalue weighted by Crippen LogP contribution is -2.55. The molecule has 2 atom stereocenters. The van der Waals surface area contributed by atoms with Crippen LogP contribution in [-0.2, 0) is 32.1 Å². The molecule has 0 aromatic heterocycles. The fourth-order valence-electron chi connectivity index (χ4n) is 6.85. The number of amidine groups is 2. The van der Waals surface area contributed by atoms with Gasteiger partial charge < -0.3 is 32.5 Å². The molecule has 2 fully saturated rings. The molecule has 2 aromatic carbocycles. The molecule has 51 heavy (non-hydrogen) atoms. The number of benzene rings is 2. The zero-order chi connectivity index (χ0) is 37.7. The average Bonchev–Trinajstić information content (AvgIpc) is 3.09. The van der Waals surface area contributed by atoms with E-state index < -0.39 is 24.1 Å². The molecular weight excluding hydrogens is 667 g/mol. The summed E-state index contributed by atoms with van der Waals surface area (Å²) in [4.78, 5) is 51.0. The Hall–Kier alpha value is -4.95. The zero-order valence-electron chi connectivity index (χ0n) is 28.5. The van der Waals surface area contributed by atoms with E-state index in [0.29, 0.717) is 17.5 Å². The smallest absolute Gasteiger partial charge is 0.475 e. The second-order valence-electron chi connectivity index (χ2n) is 13.3. The van der Waals surface area contributed by atoms with Crippen LogP contribution in [0.1, 0.15) is 86.5 Å². The molecule has 2 aromatic rings. The van der Waals surface area contributed by atoms with Crippen LogP contribution in [0.5, 0.6) is 0 Å². The van der Waals surface area contributed by atoms with Crippen LogP contribution in [-0.4, -0.2) is 64.1 Å². The fraction of sp³-hybridized carbons (Fsp3) is 0.500. The number of carbonyl (C=O) groups excluding carboxylic acids is 3. The van der Waals surface area contributed by atoms with Gasteiger partial charge in [0.05, 0.1) is 6.54 Å². The molecule has 1 unspecified atom stereocenters. The topological polar surface area (TPSA) is 230 Å². The normalized spacial score (nSPS) is 16.5. The molecule has 2 saturated carbocycles. The lowest BCUT2D eigenvalue weighted by atomic mass is 9.76. The quantitative estimate of drug-likeness (QED) is 0.118. The van der Waals surface area contributed by atoms with Gasteiger partial charge in [-0.25, -0.2) is 4.79 Å². The van der Waals surface area contributed by atoms with Crippen LogP contribution in [0.15, 0.2) is 48.5 Å². The van der Waals surface area contributed by atoms with Crippen molar-refractivity contribution < 1.29 is 37.5 Å². The van der Waals surface area contributed by atoms with E-state index in [2.05, 4.69) is 5.32 Å². The highest BCUT2D eigenvalue weighted by Gasteiger charge is 2.39. The van der Waals surface area contributed by atoms with Crippen LogP contribution >= 0.6 is 0 Å². The first-order valence-electron chi connectivity index (χ1n) is 17.1. The summed E-state index contributed by atoms with van der Waals surface area (Å²) in [5.74, 6) is -4.07. The summed E-state index contributed by atoms with van der Waals surface area (Å²) in [5, 5.41) is 25.8. The van der Waals surface area contributed by atoms with E-state index in [0.717, 1.165) is 75.3 Å². The number of aliphatic carboxylic acids is 1. The van der Waals surface area contributed by atoms with Gasteiger partial charge in [-0.15, -0.1) is 0 Å². The maximum absolute atomic E-state index is 14.3. The predicted octanol–water partition coefficient (Wildman–Crippen LogP) is 4.21. The van der Waals surface area contributed by atoms with Crippen molar-refractivity contribution in [3.05, 3.63) is 70.8 Å². The van der Waals surface area contributed by atoms with E-state index in [-0.39, 0.29) is 54.3 Å². The van der Waals surface area contributed by atoms with Gasteiger partial charge in [0.1, 0.15) is 17.7 Å². The number of carboxylic acids is 1. The number of alkyl halides is 3. The summed E-state index contributed by atoms with van der Waals surface area (Å²) in [5.41, 5.74) is 19.8. The number of amides is 3. The number of nitrogens with one attached hydrogen (secondary N) is 3. The minimum Gasteiger partial charge on any atom is -0.475 e. The Morgan fingerprint density at radius 2 is 1.33 bits per heavy atom. The van der Waals surface area contributed by atoms with Gasteiger partial charge in [0, 0.05) is 23.6 Å². The van der Waals surface area contributed by atoms with Crippen LogP contribution < -0.4 is 22.5 Å². The molecule has 12 nitrogen and oxygen atoms in total. The lowest BCUT2D eigenvalue weighted by molar-refractivity contribution is -0.192.